The fourth-order valence-electron chi connectivity index (χ4n) is 2.37. The molecule has 3 aromatic rings. The van der Waals surface area contributed by atoms with Crippen molar-refractivity contribution in [1.29, 1.82) is 0 Å². The van der Waals surface area contributed by atoms with E-state index in [1.54, 1.807) is 6.20 Å². The van der Waals surface area contributed by atoms with Crippen molar-refractivity contribution in [2.24, 2.45) is 0 Å². The number of oxazole rings is 1. The smallest absolute Gasteiger partial charge is 0.214 e. The predicted molar refractivity (Wildman–Crippen MR) is 81.8 cm³/mol. The molecule has 0 unspecified atom stereocenters. The quantitative estimate of drug-likeness (QED) is 0.695. The molecule has 0 atom stereocenters. The molecule has 0 aromatic carbocycles. The van der Waals surface area contributed by atoms with Gasteiger partial charge in [0.1, 0.15) is 23.6 Å². The summed E-state index contributed by atoms with van der Waals surface area (Å²) in [4.78, 5) is 13.6. The highest BCUT2D eigenvalue weighted by molar-refractivity contribution is 6.17. The van der Waals surface area contributed by atoms with E-state index in [1.165, 1.54) is 0 Å². The number of nitrogens with zero attached hydrogens (tertiary/aromatic N) is 4. The van der Waals surface area contributed by atoms with Crippen LogP contribution in [0.4, 0.5) is 0 Å². The molecule has 0 spiro atoms. The average Bonchev–Trinajstić information content (AvgIpc) is 2.94. The Morgan fingerprint density at radius 3 is 2.71 bits per heavy atom. The third-order valence-corrected chi connectivity index (χ3v) is 3.79. The molecule has 21 heavy (non-hydrogen) atoms. The normalized spacial score (nSPS) is 11.4. The first-order chi connectivity index (χ1) is 10.1. The lowest BCUT2D eigenvalue weighted by molar-refractivity contribution is 0.455. The van der Waals surface area contributed by atoms with Gasteiger partial charge in [-0.05, 0) is 32.4 Å². The van der Waals surface area contributed by atoms with Crippen molar-refractivity contribution in [3.63, 3.8) is 0 Å². The Hall–Kier alpha value is -1.88. The van der Waals surface area contributed by atoms with Gasteiger partial charge in [-0.15, -0.1) is 11.6 Å². The number of aryl methyl sites for hydroxylation is 4. The predicted octanol–water partition coefficient (Wildman–Crippen LogP) is 3.17. The molecule has 5 nitrogen and oxygen atoms in total. The van der Waals surface area contributed by atoms with Crippen molar-refractivity contribution in [1.82, 2.24) is 19.5 Å². The zero-order valence-corrected chi connectivity index (χ0v) is 13.1. The number of pyridine rings is 1. The van der Waals surface area contributed by atoms with Crippen LogP contribution in [0.5, 0.6) is 0 Å². The molecule has 3 heterocycles. The molecule has 0 saturated carbocycles. The van der Waals surface area contributed by atoms with Gasteiger partial charge in [0.15, 0.2) is 5.65 Å². The van der Waals surface area contributed by atoms with Crippen LogP contribution in [-0.4, -0.2) is 25.4 Å². The van der Waals surface area contributed by atoms with E-state index in [1.807, 2.05) is 31.4 Å². The minimum absolute atomic E-state index is 0.520. The first kappa shape index (κ1) is 14.1. The van der Waals surface area contributed by atoms with Gasteiger partial charge >= 0.3 is 0 Å². The molecule has 6 heteroatoms. The van der Waals surface area contributed by atoms with Crippen LogP contribution >= 0.6 is 11.6 Å². The third kappa shape index (κ3) is 2.53. The Morgan fingerprint density at radius 2 is 2.05 bits per heavy atom. The van der Waals surface area contributed by atoms with E-state index in [-0.39, 0.29) is 0 Å². The van der Waals surface area contributed by atoms with Gasteiger partial charge in [-0.25, -0.2) is 15.0 Å². The van der Waals surface area contributed by atoms with Crippen molar-refractivity contribution in [2.75, 3.05) is 5.88 Å². The molecule has 0 aliphatic carbocycles. The van der Waals surface area contributed by atoms with E-state index in [0.717, 1.165) is 34.0 Å². The molecule has 110 valence electrons. The summed E-state index contributed by atoms with van der Waals surface area (Å²) in [6.45, 7) is 6.41. The second-order valence-electron chi connectivity index (χ2n) is 5.10. The summed E-state index contributed by atoms with van der Waals surface area (Å²) in [5.74, 6) is 2.95. The highest BCUT2D eigenvalue weighted by Gasteiger charge is 2.16. The van der Waals surface area contributed by atoms with Gasteiger partial charge in [-0.1, -0.05) is 0 Å². The van der Waals surface area contributed by atoms with Crippen LogP contribution in [0.1, 0.15) is 28.7 Å². The van der Waals surface area contributed by atoms with E-state index in [2.05, 4.69) is 15.0 Å². The van der Waals surface area contributed by atoms with Gasteiger partial charge in [-0.2, -0.15) is 0 Å². The second kappa shape index (κ2) is 5.48. The van der Waals surface area contributed by atoms with E-state index >= 15 is 0 Å². The van der Waals surface area contributed by atoms with Crippen molar-refractivity contribution >= 4 is 22.8 Å². The topological polar surface area (TPSA) is 56.7 Å². The van der Waals surface area contributed by atoms with Crippen LogP contribution < -0.4 is 0 Å². The average molecular weight is 305 g/mol. The Kier molecular flexibility index (Phi) is 3.68. The molecule has 0 saturated heterocycles. The summed E-state index contributed by atoms with van der Waals surface area (Å²) in [6.07, 6.45) is 2.49. The summed E-state index contributed by atoms with van der Waals surface area (Å²) in [7, 11) is 0. The molecular weight excluding hydrogens is 288 g/mol. The third-order valence-electron chi connectivity index (χ3n) is 3.60. The van der Waals surface area contributed by atoms with Crippen molar-refractivity contribution in [3.05, 3.63) is 41.0 Å². The number of halogens is 1. The fraction of sp³-hybridized carbons (Fsp3) is 0.400. The molecule has 0 N–H and O–H groups in total. The van der Waals surface area contributed by atoms with Gasteiger partial charge in [0, 0.05) is 18.5 Å². The maximum Gasteiger partial charge on any atom is 0.214 e. The number of alkyl halides is 1. The second-order valence-corrected chi connectivity index (χ2v) is 5.48. The summed E-state index contributed by atoms with van der Waals surface area (Å²) < 4.78 is 7.72. The lowest BCUT2D eigenvalue weighted by Gasteiger charge is -2.05. The standard InChI is InChI=1S/C15H17ClN4O/c1-9-5-7-17-15-14(9)19-12(4-6-16)20(15)8-13-18-10(2)11(3)21-13/h5,7H,4,6,8H2,1-3H3. The van der Waals surface area contributed by atoms with E-state index in [4.69, 9.17) is 16.0 Å². The molecule has 0 radical (unpaired) electrons. The molecule has 0 fully saturated rings. The van der Waals surface area contributed by atoms with Gasteiger partial charge < -0.3 is 8.98 Å². The monoisotopic (exact) mass is 304 g/mol. The van der Waals surface area contributed by atoms with Crippen LogP contribution in [0.3, 0.4) is 0 Å². The minimum atomic E-state index is 0.520. The zero-order chi connectivity index (χ0) is 15.0. The Labute approximate surface area is 128 Å². The van der Waals surface area contributed by atoms with Crippen LogP contribution in [0.25, 0.3) is 11.2 Å². The summed E-state index contributed by atoms with van der Waals surface area (Å²) in [6, 6.07) is 1.96. The van der Waals surface area contributed by atoms with E-state index in [0.29, 0.717) is 24.7 Å². The fourth-order valence-corrected chi connectivity index (χ4v) is 2.54. The van der Waals surface area contributed by atoms with E-state index < -0.39 is 0 Å². The van der Waals surface area contributed by atoms with Crippen LogP contribution in [0.2, 0.25) is 0 Å². The van der Waals surface area contributed by atoms with Crippen molar-refractivity contribution in [2.45, 2.75) is 33.7 Å². The van der Waals surface area contributed by atoms with Crippen molar-refractivity contribution in [3.8, 4) is 0 Å². The molecule has 0 bridgehead atoms. The van der Waals surface area contributed by atoms with Crippen LogP contribution in [-0.2, 0) is 13.0 Å². The molecule has 0 amide bonds. The Morgan fingerprint density at radius 1 is 1.24 bits per heavy atom. The highest BCUT2D eigenvalue weighted by Crippen LogP contribution is 2.20. The number of aromatic nitrogens is 4. The first-order valence-corrected chi connectivity index (χ1v) is 7.43. The lowest BCUT2D eigenvalue weighted by atomic mass is 10.3. The maximum atomic E-state index is 5.89. The number of rotatable bonds is 4. The van der Waals surface area contributed by atoms with E-state index in [9.17, 15) is 0 Å². The Bertz CT molecular complexity index is 771. The first-order valence-electron chi connectivity index (χ1n) is 6.89. The maximum absolute atomic E-state index is 5.89. The van der Waals surface area contributed by atoms with Crippen LogP contribution in [0, 0.1) is 20.8 Å². The molecule has 3 aromatic heterocycles. The molecule has 0 aliphatic heterocycles. The van der Waals surface area contributed by atoms with Gasteiger partial charge in [0.25, 0.3) is 0 Å². The highest BCUT2D eigenvalue weighted by atomic mass is 35.5. The number of hydrogen-bond acceptors (Lipinski definition) is 4. The number of hydrogen-bond donors (Lipinski definition) is 0. The molecule has 0 aliphatic rings. The van der Waals surface area contributed by atoms with Gasteiger partial charge in [0.2, 0.25) is 5.89 Å². The number of imidazole rings is 1. The summed E-state index contributed by atoms with van der Waals surface area (Å²) in [5, 5.41) is 0. The lowest BCUT2D eigenvalue weighted by Crippen LogP contribution is -2.07. The number of fused-ring (bicyclic) bond motifs is 1. The van der Waals surface area contributed by atoms with Gasteiger partial charge in [-0.3, -0.25) is 0 Å². The largest absolute Gasteiger partial charge is 0.444 e. The molecular formula is C15H17ClN4O. The minimum Gasteiger partial charge on any atom is -0.444 e. The van der Waals surface area contributed by atoms with Crippen LogP contribution in [0.15, 0.2) is 16.7 Å². The van der Waals surface area contributed by atoms with Gasteiger partial charge in [0.05, 0.1) is 5.69 Å². The summed E-state index contributed by atoms with van der Waals surface area (Å²) >= 11 is 5.89. The Balaban J connectivity index is 2.10. The van der Waals surface area contributed by atoms with Crippen molar-refractivity contribution < 1.29 is 4.42 Å². The summed E-state index contributed by atoms with van der Waals surface area (Å²) in [5.41, 5.74) is 3.79. The zero-order valence-electron chi connectivity index (χ0n) is 12.4. The molecule has 3 rings (SSSR count). The SMILES string of the molecule is Cc1nc(Cn2c(CCCl)nc3c(C)ccnc32)oc1C.